The molecule has 5 nitrogen and oxygen atoms in total. The Labute approximate surface area is 136 Å². The van der Waals surface area contributed by atoms with Gasteiger partial charge in [-0.15, -0.1) is 5.10 Å². The molecule has 0 unspecified atom stereocenters. The van der Waals surface area contributed by atoms with E-state index < -0.39 is 12.2 Å². The van der Waals surface area contributed by atoms with Crippen molar-refractivity contribution in [3.8, 4) is 11.3 Å². The number of hydrogen-bond acceptors (Lipinski definition) is 3. The Kier molecular flexibility index (Phi) is 3.30. The maximum Gasteiger partial charge on any atom is 0.299 e. The van der Waals surface area contributed by atoms with Gasteiger partial charge in [0.1, 0.15) is 0 Å². The molecule has 0 saturated heterocycles. The summed E-state index contributed by atoms with van der Waals surface area (Å²) in [6.45, 7) is 3.95. The fraction of sp³-hybridized carbons (Fsp3) is 0.235. The zero-order valence-corrected chi connectivity index (χ0v) is 13.2. The molecule has 4 rings (SSSR count). The minimum Gasteiger partial charge on any atom is -0.278 e. The minimum absolute atomic E-state index is 0.446. The molecule has 0 radical (unpaired) electrons. The average Bonchev–Trinajstić information content (AvgIpc) is 3.20. The molecule has 0 amide bonds. The molecule has 0 fully saturated rings. The van der Waals surface area contributed by atoms with E-state index in [0.717, 1.165) is 33.3 Å². The monoisotopic (exact) mass is 327 g/mol. The number of aryl methyl sites for hydroxylation is 2. The molecule has 3 aromatic heterocycles. The SMILES string of the molecule is CCc1ccc(-c2cc(C)c3[nH]ncc3c2)n2nc(C(F)F)nc12. The second-order valence-corrected chi connectivity index (χ2v) is 5.73. The van der Waals surface area contributed by atoms with Crippen molar-refractivity contribution in [3.63, 3.8) is 0 Å². The Morgan fingerprint density at radius 3 is 2.83 bits per heavy atom. The number of aromatic nitrogens is 5. The van der Waals surface area contributed by atoms with Crippen molar-refractivity contribution >= 4 is 16.6 Å². The van der Waals surface area contributed by atoms with Gasteiger partial charge < -0.3 is 0 Å². The van der Waals surface area contributed by atoms with Crippen molar-refractivity contribution in [1.82, 2.24) is 24.8 Å². The van der Waals surface area contributed by atoms with Crippen LogP contribution in [0.25, 0.3) is 27.8 Å². The highest BCUT2D eigenvalue weighted by Gasteiger charge is 2.18. The lowest BCUT2D eigenvalue weighted by Gasteiger charge is -2.08. The maximum atomic E-state index is 13.1. The van der Waals surface area contributed by atoms with Crippen LogP contribution in [0.2, 0.25) is 0 Å². The molecule has 122 valence electrons. The summed E-state index contributed by atoms with van der Waals surface area (Å²) < 4.78 is 27.6. The van der Waals surface area contributed by atoms with Crippen molar-refractivity contribution in [2.24, 2.45) is 0 Å². The Balaban J connectivity index is 2.01. The normalized spacial score (nSPS) is 11.9. The van der Waals surface area contributed by atoms with Crippen LogP contribution in [0, 0.1) is 6.92 Å². The van der Waals surface area contributed by atoms with Crippen molar-refractivity contribution in [2.45, 2.75) is 26.7 Å². The van der Waals surface area contributed by atoms with Crippen LogP contribution in [-0.2, 0) is 6.42 Å². The summed E-state index contributed by atoms with van der Waals surface area (Å²) in [5, 5.41) is 12.0. The maximum absolute atomic E-state index is 13.1. The quantitative estimate of drug-likeness (QED) is 0.617. The van der Waals surface area contributed by atoms with E-state index in [4.69, 9.17) is 0 Å². The van der Waals surface area contributed by atoms with Crippen molar-refractivity contribution in [2.75, 3.05) is 0 Å². The predicted molar refractivity (Wildman–Crippen MR) is 87.1 cm³/mol. The van der Waals surface area contributed by atoms with E-state index in [2.05, 4.69) is 20.3 Å². The lowest BCUT2D eigenvalue weighted by molar-refractivity contribution is 0.140. The highest BCUT2D eigenvalue weighted by molar-refractivity contribution is 5.86. The molecule has 0 bridgehead atoms. The Hall–Kier alpha value is -2.83. The van der Waals surface area contributed by atoms with E-state index in [1.165, 1.54) is 4.52 Å². The van der Waals surface area contributed by atoms with E-state index in [9.17, 15) is 8.78 Å². The standard InChI is InChI=1S/C17H15F2N5/c1-3-10-4-5-13(24-17(10)21-16(23-24)15(18)19)11-6-9(2)14-12(7-11)8-20-22-14/h4-8,15H,3H2,1-2H3,(H,20,22). The van der Waals surface area contributed by atoms with Gasteiger partial charge in [0, 0.05) is 10.9 Å². The summed E-state index contributed by atoms with van der Waals surface area (Å²) in [4.78, 5) is 4.03. The van der Waals surface area contributed by atoms with Crippen LogP contribution in [0.15, 0.2) is 30.5 Å². The lowest BCUT2D eigenvalue weighted by atomic mass is 10.0. The fourth-order valence-corrected chi connectivity index (χ4v) is 3.00. The average molecular weight is 327 g/mol. The lowest BCUT2D eigenvalue weighted by Crippen LogP contribution is -1.98. The Morgan fingerprint density at radius 2 is 2.08 bits per heavy atom. The van der Waals surface area contributed by atoms with Crippen LogP contribution in [-0.4, -0.2) is 24.8 Å². The van der Waals surface area contributed by atoms with E-state index in [0.29, 0.717) is 12.1 Å². The van der Waals surface area contributed by atoms with Crippen LogP contribution in [0.3, 0.4) is 0 Å². The van der Waals surface area contributed by atoms with Gasteiger partial charge in [0.05, 0.1) is 17.4 Å². The molecule has 0 aliphatic carbocycles. The summed E-state index contributed by atoms with van der Waals surface area (Å²) in [5.41, 5.74) is 4.98. The third kappa shape index (κ3) is 2.16. The molecule has 1 N–H and O–H groups in total. The van der Waals surface area contributed by atoms with Gasteiger partial charge in [0.25, 0.3) is 6.43 Å². The predicted octanol–water partition coefficient (Wildman–Crippen LogP) is 4.08. The molecular weight excluding hydrogens is 312 g/mol. The van der Waals surface area contributed by atoms with Crippen molar-refractivity contribution in [1.29, 1.82) is 0 Å². The van der Waals surface area contributed by atoms with E-state index in [1.807, 2.05) is 38.1 Å². The van der Waals surface area contributed by atoms with E-state index in [-0.39, 0.29) is 0 Å². The largest absolute Gasteiger partial charge is 0.299 e. The smallest absolute Gasteiger partial charge is 0.278 e. The number of halogens is 2. The second-order valence-electron chi connectivity index (χ2n) is 5.73. The van der Waals surface area contributed by atoms with Gasteiger partial charge in [-0.2, -0.15) is 5.10 Å². The van der Waals surface area contributed by atoms with Gasteiger partial charge in [-0.3, -0.25) is 5.10 Å². The number of hydrogen-bond donors (Lipinski definition) is 1. The first-order valence-electron chi connectivity index (χ1n) is 7.69. The number of nitrogens with one attached hydrogen (secondary N) is 1. The molecule has 0 aliphatic rings. The first-order valence-corrected chi connectivity index (χ1v) is 7.69. The number of pyridine rings is 1. The van der Waals surface area contributed by atoms with Crippen LogP contribution in [0.4, 0.5) is 8.78 Å². The summed E-state index contributed by atoms with van der Waals surface area (Å²) in [7, 11) is 0. The minimum atomic E-state index is -2.69. The third-order valence-corrected chi connectivity index (χ3v) is 4.20. The highest BCUT2D eigenvalue weighted by Crippen LogP contribution is 2.28. The molecule has 0 aliphatic heterocycles. The number of benzene rings is 1. The summed E-state index contributed by atoms with van der Waals surface area (Å²) >= 11 is 0. The molecule has 7 heteroatoms. The third-order valence-electron chi connectivity index (χ3n) is 4.20. The summed E-state index contributed by atoms with van der Waals surface area (Å²) in [6.07, 6.45) is -0.249. The van der Waals surface area contributed by atoms with Crippen LogP contribution < -0.4 is 0 Å². The molecule has 0 saturated carbocycles. The number of aromatic amines is 1. The Morgan fingerprint density at radius 1 is 1.25 bits per heavy atom. The topological polar surface area (TPSA) is 58.9 Å². The molecule has 0 atom stereocenters. The molecule has 3 heterocycles. The zero-order valence-electron chi connectivity index (χ0n) is 13.2. The molecular formula is C17H15F2N5. The molecule has 1 aromatic carbocycles. The van der Waals surface area contributed by atoms with Gasteiger partial charge >= 0.3 is 0 Å². The van der Waals surface area contributed by atoms with Gasteiger partial charge in [0.2, 0.25) is 5.82 Å². The highest BCUT2D eigenvalue weighted by atomic mass is 19.3. The van der Waals surface area contributed by atoms with Gasteiger partial charge in [0.15, 0.2) is 5.65 Å². The number of alkyl halides is 2. The van der Waals surface area contributed by atoms with E-state index >= 15 is 0 Å². The number of nitrogens with zero attached hydrogens (tertiary/aromatic N) is 4. The Bertz CT molecular complexity index is 1050. The summed E-state index contributed by atoms with van der Waals surface area (Å²) in [5.74, 6) is -0.446. The molecule has 24 heavy (non-hydrogen) atoms. The zero-order chi connectivity index (χ0) is 16.8. The van der Waals surface area contributed by atoms with E-state index in [1.54, 1.807) is 6.20 Å². The second kappa shape index (κ2) is 5.36. The summed E-state index contributed by atoms with van der Waals surface area (Å²) in [6, 6.07) is 7.78. The first-order chi connectivity index (χ1) is 11.6. The fourth-order valence-electron chi connectivity index (χ4n) is 3.00. The van der Waals surface area contributed by atoms with Crippen LogP contribution >= 0.6 is 0 Å². The van der Waals surface area contributed by atoms with Crippen LogP contribution in [0.1, 0.15) is 30.3 Å². The molecule has 4 aromatic rings. The van der Waals surface area contributed by atoms with Gasteiger partial charge in [-0.05, 0) is 42.7 Å². The van der Waals surface area contributed by atoms with Crippen molar-refractivity contribution in [3.05, 3.63) is 47.4 Å². The number of fused-ring (bicyclic) bond motifs is 2. The first kappa shape index (κ1) is 14.7. The van der Waals surface area contributed by atoms with Crippen LogP contribution in [0.5, 0.6) is 0 Å². The molecule has 0 spiro atoms. The number of rotatable bonds is 3. The van der Waals surface area contributed by atoms with Crippen molar-refractivity contribution < 1.29 is 8.78 Å². The van der Waals surface area contributed by atoms with Gasteiger partial charge in [-0.25, -0.2) is 18.3 Å². The van der Waals surface area contributed by atoms with Gasteiger partial charge in [-0.1, -0.05) is 13.0 Å². The number of H-pyrrole nitrogens is 1.